The van der Waals surface area contributed by atoms with Crippen molar-refractivity contribution in [1.29, 1.82) is 0 Å². The Morgan fingerprint density at radius 3 is 3.00 bits per heavy atom. The van der Waals surface area contributed by atoms with Gasteiger partial charge in [0.2, 0.25) is 0 Å². The van der Waals surface area contributed by atoms with Gasteiger partial charge >= 0.3 is 0 Å². The van der Waals surface area contributed by atoms with E-state index < -0.39 is 0 Å². The summed E-state index contributed by atoms with van der Waals surface area (Å²) in [7, 11) is 1.91. The minimum atomic E-state index is 0.445. The molecule has 0 spiro atoms. The number of rotatable bonds is 5. The summed E-state index contributed by atoms with van der Waals surface area (Å²) in [6.07, 6.45) is 1.75. The van der Waals surface area contributed by atoms with E-state index in [0.717, 1.165) is 28.1 Å². The van der Waals surface area contributed by atoms with Crippen molar-refractivity contribution in [3.8, 4) is 5.75 Å². The summed E-state index contributed by atoms with van der Waals surface area (Å²) in [6.45, 7) is 1.25. The summed E-state index contributed by atoms with van der Waals surface area (Å²) >= 11 is 3.40. The van der Waals surface area contributed by atoms with Crippen LogP contribution in [0.5, 0.6) is 5.75 Å². The molecule has 0 unspecified atom stereocenters. The molecular weight excluding hydrogens is 282 g/mol. The van der Waals surface area contributed by atoms with Crippen LogP contribution in [0.3, 0.4) is 0 Å². The van der Waals surface area contributed by atoms with Crippen LogP contribution in [-0.2, 0) is 13.2 Å². The van der Waals surface area contributed by atoms with E-state index in [2.05, 4.69) is 21.2 Å². The van der Waals surface area contributed by atoms with E-state index in [-0.39, 0.29) is 0 Å². The maximum absolute atomic E-state index is 5.62. The van der Waals surface area contributed by atoms with Gasteiger partial charge in [-0.25, -0.2) is 0 Å². The molecule has 3 nitrogen and oxygen atoms in total. The number of hydrogen-bond acceptors (Lipinski definition) is 3. The Hall–Kier alpha value is -1.26. The lowest BCUT2D eigenvalue weighted by molar-refractivity contribution is 0.270. The summed E-state index contributed by atoms with van der Waals surface area (Å²) < 4.78 is 12.0. The molecule has 0 aliphatic heterocycles. The minimum absolute atomic E-state index is 0.445. The molecule has 1 aromatic heterocycles. The van der Waals surface area contributed by atoms with Crippen LogP contribution >= 0.6 is 15.9 Å². The number of benzene rings is 1. The maximum atomic E-state index is 5.62. The molecule has 0 radical (unpaired) electrons. The van der Waals surface area contributed by atoms with Crippen LogP contribution in [-0.4, -0.2) is 7.05 Å². The normalized spacial score (nSPS) is 10.5. The quantitative estimate of drug-likeness (QED) is 0.919. The van der Waals surface area contributed by atoms with Gasteiger partial charge in [-0.15, -0.1) is 0 Å². The number of furan rings is 1. The van der Waals surface area contributed by atoms with Crippen LogP contribution < -0.4 is 10.1 Å². The van der Waals surface area contributed by atoms with E-state index in [4.69, 9.17) is 9.15 Å². The van der Waals surface area contributed by atoms with Crippen molar-refractivity contribution < 1.29 is 9.15 Å². The third kappa shape index (κ3) is 3.61. The van der Waals surface area contributed by atoms with Crippen molar-refractivity contribution in [2.45, 2.75) is 13.2 Å². The van der Waals surface area contributed by atoms with Gasteiger partial charge in [-0.05, 0) is 31.3 Å². The van der Waals surface area contributed by atoms with E-state index in [1.165, 1.54) is 0 Å². The first-order valence-corrected chi connectivity index (χ1v) is 6.16. The molecule has 0 saturated heterocycles. The molecule has 4 heteroatoms. The summed E-state index contributed by atoms with van der Waals surface area (Å²) in [5.41, 5.74) is 1.13. The highest BCUT2D eigenvalue weighted by molar-refractivity contribution is 9.10. The van der Waals surface area contributed by atoms with Crippen molar-refractivity contribution >= 4 is 15.9 Å². The van der Waals surface area contributed by atoms with Gasteiger partial charge in [0.1, 0.15) is 18.1 Å². The molecule has 0 atom stereocenters. The molecule has 1 aromatic carbocycles. The van der Waals surface area contributed by atoms with Crippen molar-refractivity contribution in [1.82, 2.24) is 5.32 Å². The molecule has 0 amide bonds. The minimum Gasteiger partial charge on any atom is -0.486 e. The van der Waals surface area contributed by atoms with Crippen LogP contribution in [0.2, 0.25) is 0 Å². The summed E-state index contributed by atoms with van der Waals surface area (Å²) in [5, 5.41) is 3.07. The third-order valence-electron chi connectivity index (χ3n) is 2.27. The van der Waals surface area contributed by atoms with Crippen LogP contribution in [0.4, 0.5) is 0 Å². The van der Waals surface area contributed by atoms with Gasteiger partial charge in [0, 0.05) is 16.6 Å². The molecule has 0 saturated carbocycles. The van der Waals surface area contributed by atoms with Crippen molar-refractivity contribution in [2.24, 2.45) is 0 Å². The highest BCUT2D eigenvalue weighted by atomic mass is 79.9. The maximum Gasteiger partial charge on any atom is 0.146 e. The monoisotopic (exact) mass is 295 g/mol. The molecule has 0 bridgehead atoms. The fraction of sp³-hybridized carbons (Fsp3) is 0.231. The molecule has 90 valence electrons. The van der Waals surface area contributed by atoms with Gasteiger partial charge in [0.15, 0.2) is 0 Å². The Labute approximate surface area is 109 Å². The zero-order valence-corrected chi connectivity index (χ0v) is 11.2. The molecular formula is C13H14BrNO2. The molecule has 0 aliphatic carbocycles. The zero-order chi connectivity index (χ0) is 12.1. The van der Waals surface area contributed by atoms with Crippen LogP contribution in [0.1, 0.15) is 11.3 Å². The molecule has 1 N–H and O–H groups in total. The van der Waals surface area contributed by atoms with Crippen LogP contribution in [0.15, 0.2) is 45.5 Å². The molecule has 0 fully saturated rings. The topological polar surface area (TPSA) is 34.4 Å². The molecule has 2 rings (SSSR count). The fourth-order valence-corrected chi connectivity index (χ4v) is 1.89. The average molecular weight is 296 g/mol. The van der Waals surface area contributed by atoms with Gasteiger partial charge in [-0.1, -0.05) is 22.0 Å². The Morgan fingerprint density at radius 1 is 1.35 bits per heavy atom. The van der Waals surface area contributed by atoms with Crippen molar-refractivity contribution in [3.05, 3.63) is 52.4 Å². The summed E-state index contributed by atoms with van der Waals surface area (Å²) in [4.78, 5) is 0. The number of ether oxygens (including phenoxy) is 1. The predicted octanol–water partition coefficient (Wildman–Crippen LogP) is 3.34. The summed E-state index contributed by atoms with van der Waals surface area (Å²) in [5.74, 6) is 1.65. The first-order valence-electron chi connectivity index (χ1n) is 5.37. The second-order valence-electron chi connectivity index (χ2n) is 3.70. The first kappa shape index (κ1) is 12.2. The number of halogens is 1. The van der Waals surface area contributed by atoms with Gasteiger partial charge in [0.25, 0.3) is 0 Å². The Kier molecular flexibility index (Phi) is 4.23. The summed E-state index contributed by atoms with van der Waals surface area (Å²) in [6, 6.07) is 9.74. The van der Waals surface area contributed by atoms with Gasteiger partial charge in [0.05, 0.1) is 6.26 Å². The number of nitrogens with one attached hydrogen (secondary N) is 1. The lowest BCUT2D eigenvalue weighted by Gasteiger charge is -2.03. The average Bonchev–Trinajstić information content (AvgIpc) is 2.75. The smallest absolute Gasteiger partial charge is 0.146 e. The van der Waals surface area contributed by atoms with Gasteiger partial charge in [-0.3, -0.25) is 0 Å². The van der Waals surface area contributed by atoms with Gasteiger partial charge < -0.3 is 14.5 Å². The molecule has 2 aromatic rings. The standard InChI is InChI=1S/C13H14BrNO2/c1-15-7-10-5-13(16-8-10)9-17-12-4-2-3-11(14)6-12/h2-6,8,15H,7,9H2,1H3. The Balaban J connectivity index is 1.93. The molecule has 1 heterocycles. The lowest BCUT2D eigenvalue weighted by atomic mass is 10.3. The van der Waals surface area contributed by atoms with Crippen molar-refractivity contribution in [3.63, 3.8) is 0 Å². The fourth-order valence-electron chi connectivity index (χ4n) is 1.51. The first-order chi connectivity index (χ1) is 8.28. The van der Waals surface area contributed by atoms with Crippen molar-refractivity contribution in [2.75, 3.05) is 7.05 Å². The SMILES string of the molecule is CNCc1coc(COc2cccc(Br)c2)c1. The Bertz CT molecular complexity index is 482. The van der Waals surface area contributed by atoms with E-state index in [1.54, 1.807) is 6.26 Å². The van der Waals surface area contributed by atoms with Crippen LogP contribution in [0, 0.1) is 0 Å². The van der Waals surface area contributed by atoms with E-state index in [9.17, 15) is 0 Å². The van der Waals surface area contributed by atoms with E-state index in [0.29, 0.717) is 6.61 Å². The second-order valence-corrected chi connectivity index (χ2v) is 4.61. The van der Waals surface area contributed by atoms with E-state index >= 15 is 0 Å². The number of hydrogen-bond donors (Lipinski definition) is 1. The third-order valence-corrected chi connectivity index (χ3v) is 2.76. The second kappa shape index (κ2) is 5.89. The van der Waals surface area contributed by atoms with Crippen LogP contribution in [0.25, 0.3) is 0 Å². The highest BCUT2D eigenvalue weighted by Gasteiger charge is 2.02. The van der Waals surface area contributed by atoms with Gasteiger partial charge in [-0.2, -0.15) is 0 Å². The highest BCUT2D eigenvalue weighted by Crippen LogP contribution is 2.19. The Morgan fingerprint density at radius 2 is 2.24 bits per heavy atom. The molecule has 0 aliphatic rings. The predicted molar refractivity (Wildman–Crippen MR) is 69.9 cm³/mol. The lowest BCUT2D eigenvalue weighted by Crippen LogP contribution is -2.03. The largest absolute Gasteiger partial charge is 0.486 e. The van der Waals surface area contributed by atoms with E-state index in [1.807, 2.05) is 37.4 Å². The molecule has 17 heavy (non-hydrogen) atoms. The zero-order valence-electron chi connectivity index (χ0n) is 9.57.